The van der Waals surface area contributed by atoms with Crippen LogP contribution in [0, 0.1) is 0 Å². The van der Waals surface area contributed by atoms with Crippen LogP contribution >= 0.6 is 11.6 Å². The lowest BCUT2D eigenvalue weighted by Gasteiger charge is -2.24. The molecule has 19 heavy (non-hydrogen) atoms. The fraction of sp³-hybridized carbons (Fsp3) is 0.500. The van der Waals surface area contributed by atoms with Crippen LogP contribution in [0.25, 0.3) is 0 Å². The van der Waals surface area contributed by atoms with E-state index >= 15 is 0 Å². The van der Waals surface area contributed by atoms with Gasteiger partial charge in [-0.15, -0.1) is 0 Å². The number of ether oxygens (including phenoxy) is 1. The van der Waals surface area contributed by atoms with Crippen LogP contribution in [0.4, 0.5) is 5.69 Å². The first-order chi connectivity index (χ1) is 9.11. The summed E-state index contributed by atoms with van der Waals surface area (Å²) in [6, 6.07) is 4.97. The minimum atomic E-state index is -0.0877. The van der Waals surface area contributed by atoms with Crippen molar-refractivity contribution in [1.82, 2.24) is 4.90 Å². The van der Waals surface area contributed by atoms with Gasteiger partial charge < -0.3 is 15.4 Å². The van der Waals surface area contributed by atoms with Crippen LogP contribution in [0.2, 0.25) is 5.02 Å². The molecule has 2 rings (SSSR count). The molecule has 1 unspecified atom stereocenters. The van der Waals surface area contributed by atoms with E-state index in [9.17, 15) is 4.79 Å². The number of amides is 1. The van der Waals surface area contributed by atoms with Crippen LogP contribution < -0.4 is 5.73 Å². The van der Waals surface area contributed by atoms with E-state index in [4.69, 9.17) is 22.1 Å². The molecule has 0 radical (unpaired) electrons. The SMILES string of the molecule is CCN(CC1CCCO1)C(=O)c1cc(N)ccc1Cl. The van der Waals surface area contributed by atoms with Gasteiger partial charge in [0.2, 0.25) is 0 Å². The maximum Gasteiger partial charge on any atom is 0.255 e. The summed E-state index contributed by atoms with van der Waals surface area (Å²) in [4.78, 5) is 14.2. The summed E-state index contributed by atoms with van der Waals surface area (Å²) < 4.78 is 5.57. The van der Waals surface area contributed by atoms with Crippen LogP contribution in [0.5, 0.6) is 0 Å². The minimum Gasteiger partial charge on any atom is -0.399 e. The van der Waals surface area contributed by atoms with Crippen molar-refractivity contribution in [1.29, 1.82) is 0 Å². The van der Waals surface area contributed by atoms with Gasteiger partial charge in [0.1, 0.15) is 0 Å². The molecule has 1 amide bonds. The number of rotatable bonds is 4. The lowest BCUT2D eigenvalue weighted by Crippen LogP contribution is -2.37. The van der Waals surface area contributed by atoms with E-state index < -0.39 is 0 Å². The standard InChI is InChI=1S/C14H19ClN2O2/c1-2-17(9-11-4-3-7-19-11)14(18)12-8-10(16)5-6-13(12)15/h5-6,8,11H,2-4,7,9,16H2,1H3. The smallest absolute Gasteiger partial charge is 0.255 e. The summed E-state index contributed by atoms with van der Waals surface area (Å²) in [7, 11) is 0. The molecular weight excluding hydrogens is 264 g/mol. The monoisotopic (exact) mass is 282 g/mol. The zero-order valence-corrected chi connectivity index (χ0v) is 11.8. The Labute approximate surface area is 118 Å². The van der Waals surface area contributed by atoms with E-state index in [-0.39, 0.29) is 12.0 Å². The molecule has 1 fully saturated rings. The van der Waals surface area contributed by atoms with Gasteiger partial charge in [0.25, 0.3) is 5.91 Å². The van der Waals surface area contributed by atoms with Crippen LogP contribution in [-0.4, -0.2) is 36.6 Å². The number of carbonyl (C=O) groups is 1. The fourth-order valence-corrected chi connectivity index (χ4v) is 2.47. The molecule has 1 aromatic rings. The van der Waals surface area contributed by atoms with Crippen molar-refractivity contribution in [2.24, 2.45) is 0 Å². The molecule has 104 valence electrons. The van der Waals surface area contributed by atoms with Gasteiger partial charge in [0.15, 0.2) is 0 Å². The lowest BCUT2D eigenvalue weighted by atomic mass is 10.1. The van der Waals surface area contributed by atoms with Gasteiger partial charge in [0.05, 0.1) is 16.7 Å². The minimum absolute atomic E-state index is 0.0877. The van der Waals surface area contributed by atoms with E-state index in [2.05, 4.69) is 0 Å². The highest BCUT2D eigenvalue weighted by atomic mass is 35.5. The zero-order valence-electron chi connectivity index (χ0n) is 11.1. The molecular formula is C14H19ClN2O2. The number of carbonyl (C=O) groups excluding carboxylic acids is 1. The van der Waals surface area contributed by atoms with Crippen molar-refractivity contribution in [2.45, 2.75) is 25.9 Å². The summed E-state index contributed by atoms with van der Waals surface area (Å²) in [5.74, 6) is -0.0877. The van der Waals surface area contributed by atoms with Crippen molar-refractivity contribution in [2.75, 3.05) is 25.4 Å². The third kappa shape index (κ3) is 3.39. The zero-order chi connectivity index (χ0) is 13.8. The summed E-state index contributed by atoms with van der Waals surface area (Å²) in [6.07, 6.45) is 2.22. The van der Waals surface area contributed by atoms with Crippen LogP contribution in [0.1, 0.15) is 30.1 Å². The quantitative estimate of drug-likeness (QED) is 0.864. The molecule has 1 aliphatic heterocycles. The Morgan fingerprint density at radius 2 is 2.37 bits per heavy atom. The summed E-state index contributed by atoms with van der Waals surface area (Å²) >= 11 is 6.07. The molecule has 0 aliphatic carbocycles. The largest absolute Gasteiger partial charge is 0.399 e. The number of nitrogens with zero attached hydrogens (tertiary/aromatic N) is 1. The first-order valence-electron chi connectivity index (χ1n) is 6.57. The molecule has 5 heteroatoms. The number of benzene rings is 1. The number of nitrogen functional groups attached to an aromatic ring is 1. The van der Waals surface area contributed by atoms with Crippen molar-refractivity contribution in [3.8, 4) is 0 Å². The first-order valence-corrected chi connectivity index (χ1v) is 6.95. The lowest BCUT2D eigenvalue weighted by molar-refractivity contribution is 0.0539. The van der Waals surface area contributed by atoms with Gasteiger partial charge in [0, 0.05) is 25.4 Å². The predicted octanol–water partition coefficient (Wildman–Crippen LogP) is 2.56. The van der Waals surface area contributed by atoms with E-state index in [1.165, 1.54) is 0 Å². The molecule has 4 nitrogen and oxygen atoms in total. The number of halogens is 1. The van der Waals surface area contributed by atoms with Gasteiger partial charge in [-0.2, -0.15) is 0 Å². The maximum absolute atomic E-state index is 12.5. The van der Waals surface area contributed by atoms with Crippen molar-refractivity contribution in [3.05, 3.63) is 28.8 Å². The predicted molar refractivity (Wildman–Crippen MR) is 76.4 cm³/mol. The van der Waals surface area contributed by atoms with Gasteiger partial charge in [-0.05, 0) is 38.0 Å². The highest BCUT2D eigenvalue weighted by molar-refractivity contribution is 6.34. The van der Waals surface area contributed by atoms with E-state index in [1.807, 2.05) is 6.92 Å². The highest BCUT2D eigenvalue weighted by Crippen LogP contribution is 2.22. The Balaban J connectivity index is 2.12. The molecule has 1 aliphatic rings. The van der Waals surface area contributed by atoms with Crippen LogP contribution in [0.3, 0.4) is 0 Å². The van der Waals surface area contributed by atoms with Gasteiger partial charge in [-0.1, -0.05) is 11.6 Å². The van der Waals surface area contributed by atoms with Gasteiger partial charge >= 0.3 is 0 Å². The second-order valence-corrected chi connectivity index (χ2v) is 5.13. The number of nitrogens with two attached hydrogens (primary N) is 1. The molecule has 1 aromatic carbocycles. The number of likely N-dealkylation sites (N-methyl/N-ethyl adjacent to an activating group) is 1. The van der Waals surface area contributed by atoms with Crippen LogP contribution in [0.15, 0.2) is 18.2 Å². The fourth-order valence-electron chi connectivity index (χ4n) is 2.27. The Morgan fingerprint density at radius 3 is 3.00 bits per heavy atom. The molecule has 1 heterocycles. The van der Waals surface area contributed by atoms with E-state index in [1.54, 1.807) is 23.1 Å². The normalized spacial score (nSPS) is 18.5. The maximum atomic E-state index is 12.5. The van der Waals surface area contributed by atoms with Gasteiger partial charge in [-0.25, -0.2) is 0 Å². The second-order valence-electron chi connectivity index (χ2n) is 4.72. The Kier molecular flexibility index (Phi) is 4.66. The average molecular weight is 283 g/mol. The molecule has 0 bridgehead atoms. The van der Waals surface area contributed by atoms with Crippen molar-refractivity contribution < 1.29 is 9.53 Å². The third-order valence-electron chi connectivity index (χ3n) is 3.34. The number of anilines is 1. The molecule has 1 saturated heterocycles. The summed E-state index contributed by atoms with van der Waals surface area (Å²) in [5.41, 5.74) is 6.72. The molecule has 2 N–H and O–H groups in total. The average Bonchev–Trinajstić information content (AvgIpc) is 2.91. The van der Waals surface area contributed by atoms with Crippen LogP contribution in [-0.2, 0) is 4.74 Å². The highest BCUT2D eigenvalue weighted by Gasteiger charge is 2.23. The molecule has 0 aromatic heterocycles. The number of hydrogen-bond acceptors (Lipinski definition) is 3. The van der Waals surface area contributed by atoms with Gasteiger partial charge in [-0.3, -0.25) is 4.79 Å². The molecule has 0 spiro atoms. The Morgan fingerprint density at radius 1 is 1.58 bits per heavy atom. The summed E-state index contributed by atoms with van der Waals surface area (Å²) in [6.45, 7) is 3.98. The Bertz CT molecular complexity index is 459. The first kappa shape index (κ1) is 14.2. The molecule has 1 atom stereocenters. The van der Waals surface area contributed by atoms with E-state index in [0.717, 1.165) is 19.4 Å². The number of hydrogen-bond donors (Lipinski definition) is 1. The van der Waals surface area contributed by atoms with Crippen molar-refractivity contribution in [3.63, 3.8) is 0 Å². The van der Waals surface area contributed by atoms with E-state index in [0.29, 0.717) is 29.4 Å². The topological polar surface area (TPSA) is 55.6 Å². The molecule has 0 saturated carbocycles. The van der Waals surface area contributed by atoms with Crippen molar-refractivity contribution >= 4 is 23.2 Å². The summed E-state index contributed by atoms with van der Waals surface area (Å²) in [5, 5.41) is 0.435. The Hall–Kier alpha value is -1.26. The third-order valence-corrected chi connectivity index (χ3v) is 3.67. The second kappa shape index (κ2) is 6.26.